The van der Waals surface area contributed by atoms with Gasteiger partial charge in [0.25, 0.3) is 0 Å². The highest BCUT2D eigenvalue weighted by Crippen LogP contribution is 2.32. The lowest BCUT2D eigenvalue weighted by Gasteiger charge is -2.33. The van der Waals surface area contributed by atoms with E-state index in [9.17, 15) is 18.0 Å². The molecule has 0 saturated carbocycles. The first-order chi connectivity index (χ1) is 15.8. The van der Waals surface area contributed by atoms with Gasteiger partial charge in [0, 0.05) is 59.3 Å². The first kappa shape index (κ1) is 23.9. The molecule has 2 amide bonds. The van der Waals surface area contributed by atoms with E-state index in [4.69, 9.17) is 4.74 Å². The Balaban J connectivity index is 1.50. The second-order valence-corrected chi connectivity index (χ2v) is 10.7. The molecule has 4 rings (SSSR count). The monoisotopic (exact) mass is 479 g/mol. The van der Waals surface area contributed by atoms with E-state index in [0.29, 0.717) is 58.2 Å². The van der Waals surface area contributed by atoms with E-state index in [2.05, 4.69) is 10.2 Å². The van der Waals surface area contributed by atoms with Crippen LogP contribution >= 0.6 is 0 Å². The van der Waals surface area contributed by atoms with Gasteiger partial charge < -0.3 is 19.9 Å². The second kappa shape index (κ2) is 10.4. The Bertz CT molecular complexity index is 965. The molecule has 1 aromatic rings. The number of rotatable bonds is 6. The number of anilines is 2. The zero-order chi connectivity index (χ0) is 23.4. The maximum Gasteiger partial charge on any atom is 0.243 e. The van der Waals surface area contributed by atoms with Crippen LogP contribution in [0, 0.1) is 0 Å². The predicted octanol–water partition coefficient (Wildman–Crippen LogP) is 0.410. The normalized spacial score (nSPS) is 20.8. The average Bonchev–Trinajstić information content (AvgIpc) is 3.34. The molecule has 1 aromatic carbocycles. The van der Waals surface area contributed by atoms with E-state index >= 15 is 0 Å². The van der Waals surface area contributed by atoms with Crippen molar-refractivity contribution in [3.05, 3.63) is 18.2 Å². The summed E-state index contributed by atoms with van der Waals surface area (Å²) < 4.78 is 33.0. The van der Waals surface area contributed by atoms with Gasteiger partial charge in [-0.2, -0.15) is 4.31 Å². The summed E-state index contributed by atoms with van der Waals surface area (Å²) in [5.41, 5.74) is 1.38. The molecule has 3 heterocycles. The fourth-order valence-corrected chi connectivity index (χ4v) is 5.99. The molecule has 0 radical (unpaired) electrons. The second-order valence-electron chi connectivity index (χ2n) is 8.72. The minimum atomic E-state index is -3.67. The molecule has 3 fully saturated rings. The molecule has 3 aliphatic rings. The van der Waals surface area contributed by atoms with Gasteiger partial charge in [0.1, 0.15) is 0 Å². The summed E-state index contributed by atoms with van der Waals surface area (Å²) in [5.74, 6) is -0.139. The van der Waals surface area contributed by atoms with E-state index in [1.165, 1.54) is 4.31 Å². The van der Waals surface area contributed by atoms with Gasteiger partial charge in [-0.15, -0.1) is 0 Å². The first-order valence-corrected chi connectivity index (χ1v) is 13.0. The Labute approximate surface area is 195 Å². The van der Waals surface area contributed by atoms with Crippen LogP contribution in [-0.2, 0) is 24.3 Å². The smallest absolute Gasteiger partial charge is 0.243 e. The lowest BCUT2D eigenvalue weighted by molar-refractivity contribution is -0.130. The highest BCUT2D eigenvalue weighted by molar-refractivity contribution is 7.89. The first-order valence-electron chi connectivity index (χ1n) is 11.6. The summed E-state index contributed by atoms with van der Waals surface area (Å²) in [4.78, 5) is 30.6. The molecule has 0 unspecified atom stereocenters. The SMILES string of the molecule is CC(=O)N1CCN(CC(=O)Nc2cc(S(=O)(=O)N3CCOCC3)ccc2N2CCCC2)CC1. The summed E-state index contributed by atoms with van der Waals surface area (Å²) in [6.07, 6.45) is 2.14. The number of carbonyl (C=O) groups is 2. The van der Waals surface area contributed by atoms with Crippen molar-refractivity contribution in [1.82, 2.24) is 14.1 Å². The van der Waals surface area contributed by atoms with Gasteiger partial charge in [0.15, 0.2) is 0 Å². The fourth-order valence-electron chi connectivity index (χ4n) is 4.56. The Morgan fingerprint density at radius 1 is 0.970 bits per heavy atom. The number of carbonyl (C=O) groups excluding carboxylic acids is 2. The summed E-state index contributed by atoms with van der Waals surface area (Å²) in [5, 5.41) is 2.97. The minimum Gasteiger partial charge on any atom is -0.379 e. The minimum absolute atomic E-state index is 0.0487. The van der Waals surface area contributed by atoms with E-state index in [0.717, 1.165) is 31.6 Å². The third-order valence-corrected chi connectivity index (χ3v) is 8.38. The van der Waals surface area contributed by atoms with E-state index in [1.807, 2.05) is 4.90 Å². The molecule has 0 bridgehead atoms. The number of nitrogens with zero attached hydrogens (tertiary/aromatic N) is 4. The van der Waals surface area contributed by atoms with Crippen LogP contribution in [0.4, 0.5) is 11.4 Å². The number of hydrogen-bond acceptors (Lipinski definition) is 7. The maximum absolute atomic E-state index is 13.2. The lowest BCUT2D eigenvalue weighted by atomic mass is 10.2. The number of benzene rings is 1. The van der Waals surface area contributed by atoms with Crippen LogP contribution in [0.3, 0.4) is 0 Å². The number of morpholine rings is 1. The highest BCUT2D eigenvalue weighted by Gasteiger charge is 2.28. The molecule has 11 heteroatoms. The van der Waals surface area contributed by atoms with Gasteiger partial charge in [-0.1, -0.05) is 0 Å². The molecule has 0 aliphatic carbocycles. The average molecular weight is 480 g/mol. The van der Waals surface area contributed by atoms with Crippen molar-refractivity contribution in [2.45, 2.75) is 24.7 Å². The van der Waals surface area contributed by atoms with E-state index in [-0.39, 0.29) is 23.3 Å². The molecular formula is C22H33N5O5S. The summed E-state index contributed by atoms with van der Waals surface area (Å²) in [6.45, 7) is 7.41. The van der Waals surface area contributed by atoms with E-state index in [1.54, 1.807) is 30.0 Å². The number of hydrogen-bond donors (Lipinski definition) is 1. The number of piperazine rings is 1. The van der Waals surface area contributed by atoms with Crippen LogP contribution in [-0.4, -0.2) is 106 Å². The Kier molecular flexibility index (Phi) is 7.52. The number of amides is 2. The van der Waals surface area contributed by atoms with Crippen molar-refractivity contribution in [1.29, 1.82) is 0 Å². The molecule has 10 nitrogen and oxygen atoms in total. The van der Waals surface area contributed by atoms with Crippen molar-refractivity contribution >= 4 is 33.2 Å². The number of ether oxygens (including phenoxy) is 1. The third kappa shape index (κ3) is 5.65. The van der Waals surface area contributed by atoms with Crippen molar-refractivity contribution in [2.75, 3.05) is 82.3 Å². The van der Waals surface area contributed by atoms with Crippen molar-refractivity contribution in [2.24, 2.45) is 0 Å². The van der Waals surface area contributed by atoms with Gasteiger partial charge >= 0.3 is 0 Å². The van der Waals surface area contributed by atoms with Gasteiger partial charge in [-0.25, -0.2) is 8.42 Å². The van der Waals surface area contributed by atoms with Gasteiger partial charge in [-0.05, 0) is 31.0 Å². The number of nitrogens with one attached hydrogen (secondary N) is 1. The Morgan fingerprint density at radius 2 is 1.64 bits per heavy atom. The van der Waals surface area contributed by atoms with Crippen molar-refractivity contribution in [3.8, 4) is 0 Å². The molecule has 0 spiro atoms. The molecular weight excluding hydrogens is 446 g/mol. The number of sulfonamides is 1. The Morgan fingerprint density at radius 3 is 2.27 bits per heavy atom. The van der Waals surface area contributed by atoms with Crippen LogP contribution in [0.25, 0.3) is 0 Å². The molecule has 33 heavy (non-hydrogen) atoms. The van der Waals surface area contributed by atoms with Crippen LogP contribution in [0.2, 0.25) is 0 Å². The highest BCUT2D eigenvalue weighted by atomic mass is 32.2. The van der Waals surface area contributed by atoms with Gasteiger partial charge in [-0.3, -0.25) is 14.5 Å². The topological polar surface area (TPSA) is 102 Å². The van der Waals surface area contributed by atoms with Crippen LogP contribution in [0.5, 0.6) is 0 Å². The van der Waals surface area contributed by atoms with E-state index < -0.39 is 10.0 Å². The van der Waals surface area contributed by atoms with Crippen LogP contribution < -0.4 is 10.2 Å². The standard InChI is InChI=1S/C22H33N5O5S/c1-18(28)25-10-8-24(9-11-25)17-22(29)23-20-16-19(4-5-21(20)26-6-2-3-7-26)33(30,31)27-12-14-32-15-13-27/h4-5,16H,2-3,6-15,17H2,1H3,(H,23,29). The molecule has 182 valence electrons. The molecule has 3 aliphatic heterocycles. The third-order valence-electron chi connectivity index (χ3n) is 6.48. The summed E-state index contributed by atoms with van der Waals surface area (Å²) >= 11 is 0. The van der Waals surface area contributed by atoms with Crippen LogP contribution in [0.15, 0.2) is 23.1 Å². The zero-order valence-electron chi connectivity index (χ0n) is 19.2. The van der Waals surface area contributed by atoms with Crippen molar-refractivity contribution in [3.63, 3.8) is 0 Å². The van der Waals surface area contributed by atoms with Gasteiger partial charge in [0.05, 0.1) is 36.0 Å². The van der Waals surface area contributed by atoms with Crippen LogP contribution in [0.1, 0.15) is 19.8 Å². The van der Waals surface area contributed by atoms with Crippen molar-refractivity contribution < 1.29 is 22.7 Å². The maximum atomic E-state index is 13.2. The predicted molar refractivity (Wildman–Crippen MR) is 125 cm³/mol. The molecule has 3 saturated heterocycles. The molecule has 0 aromatic heterocycles. The largest absolute Gasteiger partial charge is 0.379 e. The lowest BCUT2D eigenvalue weighted by Crippen LogP contribution is -2.49. The quantitative estimate of drug-likeness (QED) is 0.631. The summed E-state index contributed by atoms with van der Waals surface area (Å²) in [7, 11) is -3.67. The van der Waals surface area contributed by atoms with Gasteiger partial charge in [0.2, 0.25) is 21.8 Å². The molecule has 0 atom stereocenters. The zero-order valence-corrected chi connectivity index (χ0v) is 20.0. The summed E-state index contributed by atoms with van der Waals surface area (Å²) in [6, 6.07) is 5.03. The Hall–Kier alpha value is -2.21. The fraction of sp³-hybridized carbons (Fsp3) is 0.636. The molecule has 1 N–H and O–H groups in total.